The zero-order chi connectivity index (χ0) is 16.6. The summed E-state index contributed by atoms with van der Waals surface area (Å²) in [6.45, 7) is 6.00. The standard InChI is InChI=1S/C19H18ClNO2/c1-11-6-13(3)19-14(10-23-17(19)7-11)8-18(22)21-16-9-15(20)5-4-12(16)2/h4-7,9-10H,8H2,1-3H3,(H,21,22). The third-order valence-corrected chi connectivity index (χ3v) is 4.15. The van der Waals surface area contributed by atoms with Crippen molar-refractivity contribution in [3.05, 3.63) is 63.9 Å². The molecular formula is C19H18ClNO2. The summed E-state index contributed by atoms with van der Waals surface area (Å²) in [6, 6.07) is 9.54. The van der Waals surface area contributed by atoms with Gasteiger partial charge in [-0.05, 0) is 55.7 Å². The van der Waals surface area contributed by atoms with Gasteiger partial charge in [0.15, 0.2) is 0 Å². The number of hydrogen-bond acceptors (Lipinski definition) is 2. The molecule has 0 unspecified atom stereocenters. The van der Waals surface area contributed by atoms with Gasteiger partial charge >= 0.3 is 0 Å². The highest BCUT2D eigenvalue weighted by Crippen LogP contribution is 2.27. The third kappa shape index (κ3) is 3.25. The van der Waals surface area contributed by atoms with E-state index in [1.54, 1.807) is 12.3 Å². The van der Waals surface area contributed by atoms with E-state index >= 15 is 0 Å². The van der Waals surface area contributed by atoms with Crippen molar-refractivity contribution in [2.75, 3.05) is 5.32 Å². The molecule has 0 aliphatic heterocycles. The van der Waals surface area contributed by atoms with E-state index in [4.69, 9.17) is 16.0 Å². The molecule has 0 aliphatic carbocycles. The number of fused-ring (bicyclic) bond motifs is 1. The topological polar surface area (TPSA) is 42.2 Å². The van der Waals surface area contributed by atoms with Crippen LogP contribution < -0.4 is 5.32 Å². The number of halogens is 1. The Bertz CT molecular complexity index is 896. The first-order valence-corrected chi connectivity index (χ1v) is 7.85. The first kappa shape index (κ1) is 15.6. The molecule has 1 N–H and O–H groups in total. The second-order valence-corrected chi connectivity index (χ2v) is 6.34. The van der Waals surface area contributed by atoms with Crippen LogP contribution in [0.15, 0.2) is 41.0 Å². The Balaban J connectivity index is 1.85. The van der Waals surface area contributed by atoms with Gasteiger partial charge in [-0.15, -0.1) is 0 Å². The van der Waals surface area contributed by atoms with Crippen LogP contribution in [0.25, 0.3) is 11.0 Å². The maximum absolute atomic E-state index is 12.4. The van der Waals surface area contributed by atoms with Crippen molar-refractivity contribution in [2.24, 2.45) is 0 Å². The van der Waals surface area contributed by atoms with Gasteiger partial charge < -0.3 is 9.73 Å². The highest BCUT2D eigenvalue weighted by molar-refractivity contribution is 6.31. The number of benzene rings is 2. The van der Waals surface area contributed by atoms with Gasteiger partial charge in [-0.2, -0.15) is 0 Å². The van der Waals surface area contributed by atoms with Crippen LogP contribution in [0.4, 0.5) is 5.69 Å². The van der Waals surface area contributed by atoms with E-state index < -0.39 is 0 Å². The van der Waals surface area contributed by atoms with Crippen LogP contribution in [0.1, 0.15) is 22.3 Å². The molecule has 0 aliphatic rings. The molecule has 0 saturated carbocycles. The fourth-order valence-corrected chi connectivity index (χ4v) is 3.03. The van der Waals surface area contributed by atoms with Crippen LogP contribution in [0.2, 0.25) is 5.02 Å². The van der Waals surface area contributed by atoms with Crippen LogP contribution >= 0.6 is 11.6 Å². The van der Waals surface area contributed by atoms with E-state index in [-0.39, 0.29) is 12.3 Å². The average Bonchev–Trinajstić information content (AvgIpc) is 2.85. The van der Waals surface area contributed by atoms with Crippen LogP contribution in [0.3, 0.4) is 0 Å². The Morgan fingerprint density at radius 2 is 1.91 bits per heavy atom. The molecule has 2 aromatic carbocycles. The average molecular weight is 328 g/mol. The van der Waals surface area contributed by atoms with Gasteiger partial charge in [0.05, 0.1) is 12.7 Å². The Hall–Kier alpha value is -2.26. The van der Waals surface area contributed by atoms with Crippen molar-refractivity contribution in [2.45, 2.75) is 27.2 Å². The van der Waals surface area contributed by atoms with E-state index in [2.05, 4.69) is 11.4 Å². The van der Waals surface area contributed by atoms with Gasteiger partial charge in [-0.3, -0.25) is 4.79 Å². The van der Waals surface area contributed by atoms with Crippen molar-refractivity contribution in [3.63, 3.8) is 0 Å². The first-order chi connectivity index (χ1) is 10.9. The zero-order valence-electron chi connectivity index (χ0n) is 13.4. The molecule has 0 fully saturated rings. The quantitative estimate of drug-likeness (QED) is 0.719. The summed E-state index contributed by atoms with van der Waals surface area (Å²) >= 11 is 5.99. The second kappa shape index (κ2) is 6.09. The van der Waals surface area contributed by atoms with Crippen LogP contribution in [0.5, 0.6) is 0 Å². The third-order valence-electron chi connectivity index (χ3n) is 3.92. The largest absolute Gasteiger partial charge is 0.464 e. The second-order valence-electron chi connectivity index (χ2n) is 5.90. The summed E-state index contributed by atoms with van der Waals surface area (Å²) < 4.78 is 5.60. The maximum atomic E-state index is 12.4. The molecule has 23 heavy (non-hydrogen) atoms. The molecule has 0 saturated heterocycles. The van der Waals surface area contributed by atoms with Gasteiger partial charge in [0.25, 0.3) is 0 Å². The summed E-state index contributed by atoms with van der Waals surface area (Å²) in [5.41, 5.74) is 5.71. The van der Waals surface area contributed by atoms with Gasteiger partial charge in [-0.25, -0.2) is 0 Å². The van der Waals surface area contributed by atoms with Gasteiger partial charge in [0, 0.05) is 21.7 Å². The smallest absolute Gasteiger partial charge is 0.228 e. The Morgan fingerprint density at radius 1 is 1.13 bits per heavy atom. The number of furan rings is 1. The monoisotopic (exact) mass is 327 g/mol. The molecule has 118 valence electrons. The van der Waals surface area contributed by atoms with E-state index in [9.17, 15) is 4.79 Å². The van der Waals surface area contributed by atoms with E-state index in [0.29, 0.717) is 5.02 Å². The minimum atomic E-state index is -0.0851. The molecule has 0 radical (unpaired) electrons. The molecule has 1 amide bonds. The number of amides is 1. The molecule has 3 nitrogen and oxygen atoms in total. The summed E-state index contributed by atoms with van der Waals surface area (Å²) in [4.78, 5) is 12.4. The highest BCUT2D eigenvalue weighted by atomic mass is 35.5. The maximum Gasteiger partial charge on any atom is 0.228 e. The fourth-order valence-electron chi connectivity index (χ4n) is 2.85. The molecule has 4 heteroatoms. The lowest BCUT2D eigenvalue weighted by Gasteiger charge is -2.08. The lowest BCUT2D eigenvalue weighted by Crippen LogP contribution is -2.15. The van der Waals surface area contributed by atoms with Gasteiger partial charge in [-0.1, -0.05) is 23.7 Å². The molecule has 3 rings (SSSR count). The molecule has 1 aromatic heterocycles. The number of nitrogens with one attached hydrogen (secondary N) is 1. The van der Waals surface area contributed by atoms with Crippen LogP contribution in [-0.2, 0) is 11.2 Å². The molecule has 1 heterocycles. The van der Waals surface area contributed by atoms with E-state index in [1.165, 1.54) is 0 Å². The van der Waals surface area contributed by atoms with Crippen molar-refractivity contribution >= 4 is 34.2 Å². The lowest BCUT2D eigenvalue weighted by molar-refractivity contribution is -0.115. The predicted octanol–water partition coefficient (Wildman–Crippen LogP) is 5.19. The Morgan fingerprint density at radius 3 is 2.70 bits per heavy atom. The van der Waals surface area contributed by atoms with Crippen molar-refractivity contribution in [1.29, 1.82) is 0 Å². The fraction of sp³-hybridized carbons (Fsp3) is 0.211. The molecule has 0 bridgehead atoms. The minimum absolute atomic E-state index is 0.0851. The predicted molar refractivity (Wildman–Crippen MR) is 94.2 cm³/mol. The van der Waals surface area contributed by atoms with Crippen molar-refractivity contribution in [1.82, 2.24) is 0 Å². The first-order valence-electron chi connectivity index (χ1n) is 7.47. The van der Waals surface area contributed by atoms with Crippen molar-refractivity contribution < 1.29 is 9.21 Å². The summed E-state index contributed by atoms with van der Waals surface area (Å²) in [6.07, 6.45) is 1.93. The molecule has 0 atom stereocenters. The van der Waals surface area contributed by atoms with E-state index in [0.717, 1.165) is 38.9 Å². The zero-order valence-corrected chi connectivity index (χ0v) is 14.1. The normalized spacial score (nSPS) is 11.0. The molecule has 3 aromatic rings. The van der Waals surface area contributed by atoms with Gasteiger partial charge in [0.2, 0.25) is 5.91 Å². The number of rotatable bonds is 3. The minimum Gasteiger partial charge on any atom is -0.464 e. The Kier molecular flexibility index (Phi) is 4.14. The number of hydrogen-bond donors (Lipinski definition) is 1. The summed E-state index contributed by atoms with van der Waals surface area (Å²) in [7, 11) is 0. The van der Waals surface area contributed by atoms with Crippen LogP contribution in [0, 0.1) is 20.8 Å². The number of aryl methyl sites for hydroxylation is 3. The van der Waals surface area contributed by atoms with Crippen LogP contribution in [-0.4, -0.2) is 5.91 Å². The van der Waals surface area contributed by atoms with Crippen molar-refractivity contribution in [3.8, 4) is 0 Å². The molecular weight excluding hydrogens is 310 g/mol. The lowest BCUT2D eigenvalue weighted by atomic mass is 10.0. The van der Waals surface area contributed by atoms with Gasteiger partial charge in [0.1, 0.15) is 5.58 Å². The highest BCUT2D eigenvalue weighted by Gasteiger charge is 2.13. The Labute approximate surface area is 140 Å². The molecule has 0 spiro atoms. The number of carbonyl (C=O) groups is 1. The SMILES string of the molecule is Cc1cc(C)c2c(CC(=O)Nc3cc(Cl)ccc3C)coc2c1. The summed E-state index contributed by atoms with van der Waals surface area (Å²) in [5, 5.41) is 4.54. The number of anilines is 1. The van der Waals surface area contributed by atoms with E-state index in [1.807, 2.05) is 39.0 Å². The number of carbonyl (C=O) groups excluding carboxylic acids is 1. The summed E-state index contributed by atoms with van der Waals surface area (Å²) in [5.74, 6) is -0.0851.